The van der Waals surface area contributed by atoms with Crippen molar-refractivity contribution in [1.29, 1.82) is 0 Å². The first-order valence-electron chi connectivity index (χ1n) is 9.93. The molecule has 0 atom stereocenters. The number of aryl methyl sites for hydroxylation is 1. The standard InChI is InChI=1S/C23H20N6O4/c1-14-10-11-19(33-2)18(12-14)26-21-20(29(31)32)22(25-13-24-21)27-28-23(30)17-9-5-7-15-6-3-4-8-16(15)17/h3-13H,1-2H3,(H,28,30)(H2,24,25,26,27). The number of carbonyl (C=O) groups excluding carboxylic acids is 1. The predicted octanol–water partition coefficient (Wildman–Crippen LogP) is 4.36. The molecule has 1 amide bonds. The van der Waals surface area contributed by atoms with Crippen molar-refractivity contribution >= 4 is 39.7 Å². The van der Waals surface area contributed by atoms with E-state index in [0.29, 0.717) is 17.0 Å². The van der Waals surface area contributed by atoms with Crippen LogP contribution in [-0.2, 0) is 0 Å². The zero-order valence-corrected chi connectivity index (χ0v) is 17.8. The number of anilines is 3. The summed E-state index contributed by atoms with van der Waals surface area (Å²) in [5.41, 5.74) is 6.47. The van der Waals surface area contributed by atoms with Crippen LogP contribution in [0.1, 0.15) is 15.9 Å². The predicted molar refractivity (Wildman–Crippen MR) is 125 cm³/mol. The van der Waals surface area contributed by atoms with Gasteiger partial charge in [-0.05, 0) is 41.5 Å². The van der Waals surface area contributed by atoms with Gasteiger partial charge in [0.25, 0.3) is 5.91 Å². The maximum atomic E-state index is 12.8. The van der Waals surface area contributed by atoms with E-state index in [9.17, 15) is 14.9 Å². The van der Waals surface area contributed by atoms with E-state index in [1.807, 2.05) is 43.3 Å². The van der Waals surface area contributed by atoms with E-state index in [0.717, 1.165) is 22.7 Å². The fraction of sp³-hybridized carbons (Fsp3) is 0.0870. The number of aromatic nitrogens is 2. The van der Waals surface area contributed by atoms with Gasteiger partial charge < -0.3 is 10.1 Å². The number of ether oxygens (including phenoxy) is 1. The van der Waals surface area contributed by atoms with Crippen LogP contribution in [-0.4, -0.2) is 27.9 Å². The first-order chi connectivity index (χ1) is 16.0. The van der Waals surface area contributed by atoms with Crippen molar-refractivity contribution in [3.05, 3.63) is 88.2 Å². The monoisotopic (exact) mass is 444 g/mol. The summed E-state index contributed by atoms with van der Waals surface area (Å²) in [7, 11) is 1.50. The van der Waals surface area contributed by atoms with Gasteiger partial charge in [0.1, 0.15) is 12.1 Å². The Balaban J connectivity index is 1.62. The molecule has 0 spiro atoms. The molecule has 0 fully saturated rings. The number of fused-ring (bicyclic) bond motifs is 1. The molecule has 0 radical (unpaired) electrons. The zero-order valence-electron chi connectivity index (χ0n) is 17.8. The summed E-state index contributed by atoms with van der Waals surface area (Å²) >= 11 is 0. The van der Waals surface area contributed by atoms with E-state index in [1.54, 1.807) is 24.3 Å². The summed E-state index contributed by atoms with van der Waals surface area (Å²) in [6.07, 6.45) is 1.16. The molecule has 0 aliphatic rings. The number of methoxy groups -OCH3 is 1. The molecule has 3 N–H and O–H groups in total. The van der Waals surface area contributed by atoms with Crippen molar-refractivity contribution in [2.24, 2.45) is 0 Å². The number of nitrogens with one attached hydrogen (secondary N) is 3. The summed E-state index contributed by atoms with van der Waals surface area (Å²) in [5.74, 6) is -0.194. The summed E-state index contributed by atoms with van der Waals surface area (Å²) < 4.78 is 5.32. The van der Waals surface area contributed by atoms with Crippen molar-refractivity contribution in [1.82, 2.24) is 15.4 Å². The number of amides is 1. The number of hydrogen-bond acceptors (Lipinski definition) is 8. The fourth-order valence-corrected chi connectivity index (χ4v) is 3.39. The summed E-state index contributed by atoms with van der Waals surface area (Å²) in [6.45, 7) is 1.88. The molecule has 1 heterocycles. The molecule has 0 aliphatic heterocycles. The number of hydrazine groups is 1. The molecule has 10 heteroatoms. The molecular weight excluding hydrogens is 424 g/mol. The maximum Gasteiger partial charge on any atom is 0.355 e. The Labute approximate surface area is 188 Å². The number of nitrogens with zero attached hydrogens (tertiary/aromatic N) is 3. The van der Waals surface area contributed by atoms with Crippen molar-refractivity contribution in [2.45, 2.75) is 6.92 Å². The molecule has 0 unspecified atom stereocenters. The SMILES string of the molecule is COc1ccc(C)cc1Nc1ncnc(NNC(=O)c2cccc3ccccc23)c1[N+](=O)[O-]. The highest BCUT2D eigenvalue weighted by Crippen LogP contribution is 2.34. The highest BCUT2D eigenvalue weighted by atomic mass is 16.6. The highest BCUT2D eigenvalue weighted by molar-refractivity contribution is 6.07. The van der Waals surface area contributed by atoms with Crippen LogP contribution in [0, 0.1) is 17.0 Å². The molecule has 4 rings (SSSR count). The van der Waals surface area contributed by atoms with Gasteiger partial charge in [-0.25, -0.2) is 9.97 Å². The molecule has 0 aliphatic carbocycles. The van der Waals surface area contributed by atoms with Crippen LogP contribution in [0.2, 0.25) is 0 Å². The van der Waals surface area contributed by atoms with Crippen molar-refractivity contribution < 1.29 is 14.5 Å². The first-order valence-corrected chi connectivity index (χ1v) is 9.93. The minimum atomic E-state index is -0.628. The van der Waals surface area contributed by atoms with Crippen LogP contribution in [0.25, 0.3) is 10.8 Å². The molecular formula is C23H20N6O4. The normalized spacial score (nSPS) is 10.5. The highest BCUT2D eigenvalue weighted by Gasteiger charge is 2.24. The Bertz CT molecular complexity index is 1350. The molecule has 3 aromatic carbocycles. The van der Waals surface area contributed by atoms with Gasteiger partial charge in [-0.1, -0.05) is 42.5 Å². The smallest absolute Gasteiger partial charge is 0.355 e. The van der Waals surface area contributed by atoms with Gasteiger partial charge in [0, 0.05) is 5.56 Å². The lowest BCUT2D eigenvalue weighted by Crippen LogP contribution is -2.30. The van der Waals surface area contributed by atoms with Gasteiger partial charge in [0.15, 0.2) is 0 Å². The van der Waals surface area contributed by atoms with Crippen LogP contribution in [0.5, 0.6) is 5.75 Å². The van der Waals surface area contributed by atoms with Gasteiger partial charge in [-0.15, -0.1) is 0 Å². The van der Waals surface area contributed by atoms with Crippen molar-refractivity contribution in [2.75, 3.05) is 17.9 Å². The molecule has 33 heavy (non-hydrogen) atoms. The molecule has 166 valence electrons. The molecule has 4 aromatic rings. The van der Waals surface area contributed by atoms with Gasteiger partial charge in [0.05, 0.1) is 17.7 Å². The van der Waals surface area contributed by atoms with E-state index >= 15 is 0 Å². The Morgan fingerprint density at radius 3 is 2.58 bits per heavy atom. The van der Waals surface area contributed by atoms with E-state index in [1.165, 1.54) is 7.11 Å². The van der Waals surface area contributed by atoms with Crippen molar-refractivity contribution in [3.8, 4) is 5.75 Å². The Morgan fingerprint density at radius 2 is 1.79 bits per heavy atom. The third kappa shape index (κ3) is 4.49. The maximum absolute atomic E-state index is 12.8. The number of nitro groups is 1. The number of benzene rings is 3. The minimum absolute atomic E-state index is 0.0548. The molecule has 0 bridgehead atoms. The second kappa shape index (κ2) is 9.18. The van der Waals surface area contributed by atoms with Gasteiger partial charge >= 0.3 is 5.69 Å². The average Bonchev–Trinajstić information content (AvgIpc) is 2.82. The van der Waals surface area contributed by atoms with Crippen LogP contribution in [0.3, 0.4) is 0 Å². The van der Waals surface area contributed by atoms with Crippen LogP contribution >= 0.6 is 0 Å². The summed E-state index contributed by atoms with van der Waals surface area (Å²) in [4.78, 5) is 32.0. The van der Waals surface area contributed by atoms with E-state index < -0.39 is 16.5 Å². The lowest BCUT2D eigenvalue weighted by atomic mass is 10.0. The second-order valence-corrected chi connectivity index (χ2v) is 7.11. The largest absolute Gasteiger partial charge is 0.495 e. The molecule has 10 nitrogen and oxygen atoms in total. The summed E-state index contributed by atoms with van der Waals surface area (Å²) in [6, 6.07) is 18.1. The molecule has 1 aromatic heterocycles. The third-order valence-corrected chi connectivity index (χ3v) is 4.94. The Morgan fingerprint density at radius 1 is 1.03 bits per heavy atom. The number of rotatable bonds is 7. The Hall–Kier alpha value is -4.73. The number of hydrogen-bond donors (Lipinski definition) is 3. The van der Waals surface area contributed by atoms with Crippen LogP contribution < -0.4 is 20.9 Å². The van der Waals surface area contributed by atoms with Gasteiger partial charge in [-0.2, -0.15) is 0 Å². The Kier molecular flexibility index (Phi) is 5.98. The first kappa shape index (κ1) is 21.5. The zero-order chi connectivity index (χ0) is 23.4. The van der Waals surface area contributed by atoms with Gasteiger partial charge in [0.2, 0.25) is 11.6 Å². The lowest BCUT2D eigenvalue weighted by molar-refractivity contribution is -0.383. The molecule has 0 saturated carbocycles. The third-order valence-electron chi connectivity index (χ3n) is 4.94. The van der Waals surface area contributed by atoms with Gasteiger partial charge in [-0.3, -0.25) is 25.8 Å². The van der Waals surface area contributed by atoms with E-state index in [2.05, 4.69) is 26.1 Å². The topological polar surface area (TPSA) is 131 Å². The fourth-order valence-electron chi connectivity index (χ4n) is 3.39. The van der Waals surface area contributed by atoms with Crippen LogP contribution in [0.15, 0.2) is 67.0 Å². The second-order valence-electron chi connectivity index (χ2n) is 7.11. The van der Waals surface area contributed by atoms with Crippen molar-refractivity contribution in [3.63, 3.8) is 0 Å². The van der Waals surface area contributed by atoms with E-state index in [4.69, 9.17) is 4.74 Å². The van der Waals surface area contributed by atoms with E-state index in [-0.39, 0.29) is 11.6 Å². The average molecular weight is 444 g/mol. The van der Waals surface area contributed by atoms with Crippen LogP contribution in [0.4, 0.5) is 23.0 Å². The number of carbonyl (C=O) groups is 1. The quantitative estimate of drug-likeness (QED) is 0.283. The lowest BCUT2D eigenvalue weighted by Gasteiger charge is -2.13. The summed E-state index contributed by atoms with van der Waals surface area (Å²) in [5, 5.41) is 16.4. The minimum Gasteiger partial charge on any atom is -0.495 e. The molecule has 0 saturated heterocycles.